The molecule has 0 heterocycles. The zero-order chi connectivity index (χ0) is 15.3. The summed E-state index contributed by atoms with van der Waals surface area (Å²) in [5.41, 5.74) is 0.976. The summed E-state index contributed by atoms with van der Waals surface area (Å²) in [5, 5.41) is 18.0. The van der Waals surface area contributed by atoms with Gasteiger partial charge in [0.25, 0.3) is 0 Å². The summed E-state index contributed by atoms with van der Waals surface area (Å²) < 4.78 is 26.9. The van der Waals surface area contributed by atoms with E-state index in [2.05, 4.69) is 4.72 Å². The van der Waals surface area contributed by atoms with Gasteiger partial charge in [-0.15, -0.1) is 0 Å². The molecule has 0 fully saturated rings. The van der Waals surface area contributed by atoms with Crippen LogP contribution in [0.5, 0.6) is 0 Å². The van der Waals surface area contributed by atoms with E-state index < -0.39 is 16.1 Å². The van der Waals surface area contributed by atoms with Crippen molar-refractivity contribution < 1.29 is 13.5 Å². The maximum Gasteiger partial charge on any atom is 0.240 e. The van der Waals surface area contributed by atoms with E-state index in [4.69, 9.17) is 5.26 Å². The predicted molar refractivity (Wildman–Crippen MR) is 76.5 cm³/mol. The number of aryl methyl sites for hydroxylation is 1. The summed E-state index contributed by atoms with van der Waals surface area (Å²) >= 11 is 0. The lowest BCUT2D eigenvalue weighted by atomic mass is 10.1. The lowest BCUT2D eigenvalue weighted by molar-refractivity contribution is 0.165. The number of nitrogens with one attached hydrogen (secondary N) is 1. The highest BCUT2D eigenvalue weighted by atomic mass is 32.2. The minimum absolute atomic E-state index is 0.0449. The summed E-state index contributed by atoms with van der Waals surface area (Å²) in [6.07, 6.45) is 0.0839. The molecule has 0 spiro atoms. The molecule has 0 saturated heterocycles. The van der Waals surface area contributed by atoms with Crippen LogP contribution in [0.15, 0.2) is 23.1 Å². The van der Waals surface area contributed by atoms with Crippen molar-refractivity contribution in [1.29, 1.82) is 5.26 Å². The van der Waals surface area contributed by atoms with Crippen molar-refractivity contribution in [2.24, 2.45) is 5.92 Å². The Balaban J connectivity index is 2.82. The fraction of sp³-hybridized carbons (Fsp3) is 0.500. The van der Waals surface area contributed by atoms with Crippen molar-refractivity contribution in [2.45, 2.75) is 38.2 Å². The molecule has 0 amide bonds. The van der Waals surface area contributed by atoms with E-state index in [-0.39, 0.29) is 17.4 Å². The first-order valence-electron chi connectivity index (χ1n) is 6.44. The summed E-state index contributed by atoms with van der Waals surface area (Å²) in [4.78, 5) is 0.181. The Morgan fingerprint density at radius 2 is 2.05 bits per heavy atom. The third-order valence-corrected chi connectivity index (χ3v) is 4.54. The predicted octanol–water partition coefficient (Wildman–Crippen LogP) is 1.55. The standard InChI is InChI=1S/C14H20N2O3S/c1-10(6-12(3)17)9-16-20(18,19)14-5-4-13(8-15)7-11(14)2/h4-5,7,10,12,16-17H,6,9H2,1-3H3. The van der Waals surface area contributed by atoms with Gasteiger partial charge in [-0.2, -0.15) is 5.26 Å². The Kier molecular flexibility index (Phi) is 5.69. The summed E-state index contributed by atoms with van der Waals surface area (Å²) in [5.74, 6) is 0.0449. The van der Waals surface area contributed by atoms with Crippen LogP contribution in [0, 0.1) is 24.2 Å². The van der Waals surface area contributed by atoms with Crippen LogP contribution in [0.25, 0.3) is 0 Å². The maximum atomic E-state index is 12.2. The van der Waals surface area contributed by atoms with Gasteiger partial charge in [0, 0.05) is 6.54 Å². The number of benzene rings is 1. The topological polar surface area (TPSA) is 90.2 Å². The molecule has 0 aromatic heterocycles. The van der Waals surface area contributed by atoms with Crippen LogP contribution < -0.4 is 4.72 Å². The quantitative estimate of drug-likeness (QED) is 0.833. The van der Waals surface area contributed by atoms with Gasteiger partial charge >= 0.3 is 0 Å². The van der Waals surface area contributed by atoms with Gasteiger partial charge in [-0.25, -0.2) is 13.1 Å². The van der Waals surface area contributed by atoms with Crippen molar-refractivity contribution in [3.05, 3.63) is 29.3 Å². The Morgan fingerprint density at radius 1 is 1.40 bits per heavy atom. The Bertz CT molecular complexity index is 603. The van der Waals surface area contributed by atoms with Gasteiger partial charge in [-0.1, -0.05) is 6.92 Å². The number of hydrogen-bond acceptors (Lipinski definition) is 4. The van der Waals surface area contributed by atoms with E-state index in [0.717, 1.165) is 0 Å². The molecule has 20 heavy (non-hydrogen) atoms. The molecule has 1 aromatic carbocycles. The summed E-state index contributed by atoms with van der Waals surface area (Å²) in [7, 11) is -3.59. The van der Waals surface area contributed by atoms with E-state index >= 15 is 0 Å². The van der Waals surface area contributed by atoms with Gasteiger partial charge in [0.2, 0.25) is 10.0 Å². The molecule has 0 aliphatic heterocycles. The molecule has 2 atom stereocenters. The smallest absolute Gasteiger partial charge is 0.240 e. The second-order valence-electron chi connectivity index (χ2n) is 5.13. The van der Waals surface area contributed by atoms with Gasteiger partial charge in [0.05, 0.1) is 22.6 Å². The number of aliphatic hydroxyl groups is 1. The molecule has 1 rings (SSSR count). The van der Waals surface area contributed by atoms with Gasteiger partial charge in [0.15, 0.2) is 0 Å². The van der Waals surface area contributed by atoms with Crippen LogP contribution in [0.2, 0.25) is 0 Å². The van der Waals surface area contributed by atoms with E-state index in [0.29, 0.717) is 17.5 Å². The number of hydrogen-bond donors (Lipinski definition) is 2. The number of sulfonamides is 1. The van der Waals surface area contributed by atoms with E-state index in [9.17, 15) is 13.5 Å². The number of aliphatic hydroxyl groups excluding tert-OH is 1. The first-order valence-corrected chi connectivity index (χ1v) is 7.93. The van der Waals surface area contributed by atoms with Gasteiger partial charge in [-0.3, -0.25) is 0 Å². The second kappa shape index (κ2) is 6.84. The zero-order valence-electron chi connectivity index (χ0n) is 11.9. The molecule has 0 radical (unpaired) electrons. The largest absolute Gasteiger partial charge is 0.393 e. The molecule has 0 bridgehead atoms. The van der Waals surface area contributed by atoms with Crippen molar-refractivity contribution in [2.75, 3.05) is 6.54 Å². The fourth-order valence-electron chi connectivity index (χ4n) is 2.02. The normalized spacial score (nSPS) is 14.6. The minimum Gasteiger partial charge on any atom is -0.393 e. The minimum atomic E-state index is -3.59. The lowest BCUT2D eigenvalue weighted by Crippen LogP contribution is -2.30. The molecule has 0 aliphatic rings. The van der Waals surface area contributed by atoms with E-state index in [1.807, 2.05) is 13.0 Å². The zero-order valence-corrected chi connectivity index (χ0v) is 12.7. The average Bonchev–Trinajstić information content (AvgIpc) is 2.35. The summed E-state index contributed by atoms with van der Waals surface area (Å²) in [6, 6.07) is 6.45. The molecular formula is C14H20N2O3S. The molecule has 5 nitrogen and oxygen atoms in total. The number of nitriles is 1. The highest BCUT2D eigenvalue weighted by molar-refractivity contribution is 7.89. The molecule has 2 unspecified atom stereocenters. The van der Waals surface area contributed by atoms with Crippen LogP contribution in [-0.2, 0) is 10.0 Å². The highest BCUT2D eigenvalue weighted by Crippen LogP contribution is 2.17. The SMILES string of the molecule is Cc1cc(C#N)ccc1S(=O)(=O)NCC(C)CC(C)O. The van der Waals surface area contributed by atoms with Crippen LogP contribution in [0.1, 0.15) is 31.4 Å². The first-order chi connectivity index (χ1) is 9.26. The molecule has 110 valence electrons. The second-order valence-corrected chi connectivity index (χ2v) is 6.87. The number of nitrogens with zero attached hydrogens (tertiary/aromatic N) is 1. The van der Waals surface area contributed by atoms with Crippen molar-refractivity contribution in [3.8, 4) is 6.07 Å². The number of rotatable bonds is 6. The van der Waals surface area contributed by atoms with Crippen LogP contribution >= 0.6 is 0 Å². The van der Waals surface area contributed by atoms with Crippen LogP contribution in [0.3, 0.4) is 0 Å². The third-order valence-electron chi connectivity index (χ3n) is 2.96. The maximum absolute atomic E-state index is 12.2. The van der Waals surface area contributed by atoms with E-state index in [1.165, 1.54) is 12.1 Å². The Labute approximate surface area is 120 Å². The molecule has 0 aliphatic carbocycles. The first kappa shape index (κ1) is 16.6. The molecule has 2 N–H and O–H groups in total. The van der Waals surface area contributed by atoms with Crippen molar-refractivity contribution in [3.63, 3.8) is 0 Å². The van der Waals surface area contributed by atoms with Crippen molar-refractivity contribution in [1.82, 2.24) is 4.72 Å². The summed E-state index contributed by atoms with van der Waals surface area (Å²) in [6.45, 7) is 5.48. The van der Waals surface area contributed by atoms with E-state index in [1.54, 1.807) is 19.9 Å². The molecule has 6 heteroatoms. The van der Waals surface area contributed by atoms with Gasteiger partial charge in [0.1, 0.15) is 0 Å². The molecule has 0 saturated carbocycles. The molecular weight excluding hydrogens is 276 g/mol. The fourth-order valence-corrected chi connectivity index (χ4v) is 3.41. The monoisotopic (exact) mass is 296 g/mol. The van der Waals surface area contributed by atoms with Gasteiger partial charge in [-0.05, 0) is 49.9 Å². The average molecular weight is 296 g/mol. The van der Waals surface area contributed by atoms with Gasteiger partial charge < -0.3 is 5.11 Å². The van der Waals surface area contributed by atoms with Crippen LogP contribution in [-0.4, -0.2) is 26.2 Å². The Hall–Kier alpha value is -1.42. The lowest BCUT2D eigenvalue weighted by Gasteiger charge is -2.15. The van der Waals surface area contributed by atoms with Crippen molar-refractivity contribution >= 4 is 10.0 Å². The highest BCUT2D eigenvalue weighted by Gasteiger charge is 2.18. The molecule has 1 aromatic rings. The van der Waals surface area contributed by atoms with Crippen LogP contribution in [0.4, 0.5) is 0 Å². The Morgan fingerprint density at radius 3 is 2.55 bits per heavy atom. The third kappa shape index (κ3) is 4.60.